The number of rotatable bonds is 4. The third-order valence-electron chi connectivity index (χ3n) is 2.75. The van der Waals surface area contributed by atoms with Gasteiger partial charge in [-0.3, -0.25) is 0 Å². The molecule has 0 amide bonds. The van der Waals surface area contributed by atoms with E-state index >= 15 is 0 Å². The number of alkyl halides is 1. The van der Waals surface area contributed by atoms with Crippen molar-refractivity contribution in [2.75, 3.05) is 11.2 Å². The standard InChI is InChI=1S/C12H12ClN3O2/c13-4-3-11-15-16-12(18-11)14-10-2-1-8-6-17-7-9(8)5-10/h1-2,5H,3-4,6-7H2,(H,14,16). The fraction of sp³-hybridized carbons (Fsp3) is 0.333. The highest BCUT2D eigenvalue weighted by Crippen LogP contribution is 2.24. The van der Waals surface area contributed by atoms with E-state index in [0.29, 0.717) is 37.4 Å². The Morgan fingerprint density at radius 1 is 1.22 bits per heavy atom. The first-order valence-corrected chi connectivity index (χ1v) is 6.23. The molecule has 1 aromatic carbocycles. The highest BCUT2D eigenvalue weighted by Gasteiger charge is 2.12. The van der Waals surface area contributed by atoms with Gasteiger partial charge in [0.25, 0.3) is 0 Å². The zero-order chi connectivity index (χ0) is 12.4. The van der Waals surface area contributed by atoms with E-state index < -0.39 is 0 Å². The molecule has 94 valence electrons. The molecule has 1 aromatic heterocycles. The van der Waals surface area contributed by atoms with Crippen molar-refractivity contribution >= 4 is 23.3 Å². The van der Waals surface area contributed by atoms with Gasteiger partial charge in [-0.15, -0.1) is 16.7 Å². The van der Waals surface area contributed by atoms with Gasteiger partial charge in [0.1, 0.15) is 0 Å². The van der Waals surface area contributed by atoms with Crippen molar-refractivity contribution in [3.8, 4) is 0 Å². The summed E-state index contributed by atoms with van der Waals surface area (Å²) in [6, 6.07) is 6.43. The van der Waals surface area contributed by atoms with Crippen LogP contribution in [0.15, 0.2) is 22.6 Å². The molecule has 3 rings (SSSR count). The third-order valence-corrected chi connectivity index (χ3v) is 2.94. The van der Waals surface area contributed by atoms with E-state index in [1.165, 1.54) is 11.1 Å². The molecule has 5 nitrogen and oxygen atoms in total. The zero-order valence-corrected chi connectivity index (χ0v) is 10.4. The maximum atomic E-state index is 5.61. The number of hydrogen-bond acceptors (Lipinski definition) is 5. The number of anilines is 2. The lowest BCUT2D eigenvalue weighted by Gasteiger charge is -2.03. The maximum absolute atomic E-state index is 5.61. The topological polar surface area (TPSA) is 60.2 Å². The Morgan fingerprint density at radius 3 is 3.00 bits per heavy atom. The van der Waals surface area contributed by atoms with E-state index in [1.807, 2.05) is 18.2 Å². The summed E-state index contributed by atoms with van der Waals surface area (Å²) in [5.41, 5.74) is 3.34. The lowest BCUT2D eigenvalue weighted by atomic mass is 10.1. The van der Waals surface area contributed by atoms with Crippen LogP contribution in [0.5, 0.6) is 0 Å². The summed E-state index contributed by atoms with van der Waals surface area (Å²) in [6.07, 6.45) is 0.578. The Hall–Kier alpha value is -1.59. The summed E-state index contributed by atoms with van der Waals surface area (Å²) in [6.45, 7) is 1.35. The second-order valence-corrected chi connectivity index (χ2v) is 4.42. The number of nitrogens with zero attached hydrogens (tertiary/aromatic N) is 2. The Balaban J connectivity index is 1.75. The van der Waals surface area contributed by atoms with Crippen LogP contribution >= 0.6 is 11.6 Å². The number of benzene rings is 1. The van der Waals surface area contributed by atoms with Gasteiger partial charge in [-0.05, 0) is 23.3 Å². The van der Waals surface area contributed by atoms with Crippen LogP contribution in [0, 0.1) is 0 Å². The average Bonchev–Trinajstić information content (AvgIpc) is 2.98. The van der Waals surface area contributed by atoms with Crippen LogP contribution in [0.2, 0.25) is 0 Å². The number of fused-ring (bicyclic) bond motifs is 1. The minimum atomic E-state index is 0.383. The lowest BCUT2D eigenvalue weighted by molar-refractivity contribution is 0.134. The van der Waals surface area contributed by atoms with E-state index in [9.17, 15) is 0 Å². The SMILES string of the molecule is ClCCc1nnc(Nc2ccc3c(c2)COC3)o1. The molecule has 0 bridgehead atoms. The molecule has 0 radical (unpaired) electrons. The lowest BCUT2D eigenvalue weighted by Crippen LogP contribution is -1.92. The monoisotopic (exact) mass is 265 g/mol. The van der Waals surface area contributed by atoms with Crippen molar-refractivity contribution in [3.05, 3.63) is 35.2 Å². The fourth-order valence-electron chi connectivity index (χ4n) is 1.86. The highest BCUT2D eigenvalue weighted by atomic mass is 35.5. The molecule has 2 heterocycles. The molecule has 1 N–H and O–H groups in total. The van der Waals surface area contributed by atoms with Gasteiger partial charge in [-0.2, -0.15) is 0 Å². The average molecular weight is 266 g/mol. The Morgan fingerprint density at radius 2 is 2.11 bits per heavy atom. The van der Waals surface area contributed by atoms with Crippen LogP contribution in [0.1, 0.15) is 17.0 Å². The largest absolute Gasteiger partial charge is 0.408 e. The summed E-state index contributed by atoms with van der Waals surface area (Å²) in [7, 11) is 0. The van der Waals surface area contributed by atoms with Crippen molar-refractivity contribution in [3.63, 3.8) is 0 Å². The van der Waals surface area contributed by atoms with Crippen molar-refractivity contribution in [1.82, 2.24) is 10.2 Å². The van der Waals surface area contributed by atoms with E-state index in [1.54, 1.807) is 0 Å². The molecule has 0 atom stereocenters. The van der Waals surface area contributed by atoms with Gasteiger partial charge >= 0.3 is 6.01 Å². The molecule has 0 fully saturated rings. The molecule has 2 aromatic rings. The highest BCUT2D eigenvalue weighted by molar-refractivity contribution is 6.17. The van der Waals surface area contributed by atoms with Gasteiger partial charge < -0.3 is 14.5 Å². The van der Waals surface area contributed by atoms with E-state index in [-0.39, 0.29) is 0 Å². The van der Waals surface area contributed by atoms with Gasteiger partial charge in [0.05, 0.1) is 13.2 Å². The van der Waals surface area contributed by atoms with Gasteiger partial charge in [-0.25, -0.2) is 0 Å². The van der Waals surface area contributed by atoms with Crippen LogP contribution in [-0.2, 0) is 24.4 Å². The van der Waals surface area contributed by atoms with Gasteiger partial charge in [0.15, 0.2) is 0 Å². The Labute approximate surface area is 109 Å². The maximum Gasteiger partial charge on any atom is 0.320 e. The van der Waals surface area contributed by atoms with Crippen molar-refractivity contribution in [1.29, 1.82) is 0 Å². The normalized spacial score (nSPS) is 13.6. The summed E-state index contributed by atoms with van der Waals surface area (Å²) in [5.74, 6) is 1.01. The molecular formula is C12H12ClN3O2. The predicted octanol–water partition coefficient (Wildman–Crippen LogP) is 2.62. The molecule has 0 spiro atoms. The summed E-state index contributed by atoms with van der Waals surface area (Å²) >= 11 is 5.61. The van der Waals surface area contributed by atoms with Crippen LogP contribution in [0.4, 0.5) is 11.7 Å². The molecule has 0 saturated heterocycles. The van der Waals surface area contributed by atoms with Crippen molar-refractivity contribution in [2.45, 2.75) is 19.6 Å². The first-order valence-electron chi connectivity index (χ1n) is 5.70. The number of hydrogen-bond donors (Lipinski definition) is 1. The molecule has 0 saturated carbocycles. The third kappa shape index (κ3) is 2.32. The Bertz CT molecular complexity index is 556. The zero-order valence-electron chi connectivity index (χ0n) is 9.65. The van der Waals surface area contributed by atoms with Gasteiger partial charge in [0.2, 0.25) is 5.89 Å². The summed E-state index contributed by atoms with van der Waals surface area (Å²) in [5, 5.41) is 10.9. The van der Waals surface area contributed by atoms with Gasteiger partial charge in [-0.1, -0.05) is 11.2 Å². The van der Waals surface area contributed by atoms with Crippen LogP contribution < -0.4 is 5.32 Å². The summed E-state index contributed by atoms with van der Waals surface area (Å²) in [4.78, 5) is 0. The second-order valence-electron chi connectivity index (χ2n) is 4.04. The number of aryl methyl sites for hydroxylation is 1. The Kier molecular flexibility index (Phi) is 3.17. The van der Waals surface area contributed by atoms with Crippen LogP contribution in [0.25, 0.3) is 0 Å². The number of nitrogens with one attached hydrogen (secondary N) is 1. The molecular weight excluding hydrogens is 254 g/mol. The predicted molar refractivity (Wildman–Crippen MR) is 66.9 cm³/mol. The fourth-order valence-corrected chi connectivity index (χ4v) is 2.02. The molecule has 18 heavy (non-hydrogen) atoms. The van der Waals surface area contributed by atoms with E-state index in [4.69, 9.17) is 20.8 Å². The molecule has 1 aliphatic rings. The number of aromatic nitrogens is 2. The first kappa shape index (κ1) is 11.5. The summed E-state index contributed by atoms with van der Waals surface area (Å²) < 4.78 is 10.8. The molecule has 1 aliphatic heterocycles. The van der Waals surface area contributed by atoms with Crippen LogP contribution in [0.3, 0.4) is 0 Å². The van der Waals surface area contributed by atoms with E-state index in [0.717, 1.165) is 5.69 Å². The minimum Gasteiger partial charge on any atom is -0.408 e. The smallest absolute Gasteiger partial charge is 0.320 e. The first-order chi connectivity index (χ1) is 8.85. The number of ether oxygens (including phenoxy) is 1. The van der Waals surface area contributed by atoms with Crippen molar-refractivity contribution in [2.24, 2.45) is 0 Å². The van der Waals surface area contributed by atoms with Gasteiger partial charge in [0, 0.05) is 18.0 Å². The molecule has 6 heteroatoms. The van der Waals surface area contributed by atoms with E-state index in [2.05, 4.69) is 15.5 Å². The second kappa shape index (κ2) is 4.96. The molecule has 0 aliphatic carbocycles. The van der Waals surface area contributed by atoms with Crippen LogP contribution in [-0.4, -0.2) is 16.1 Å². The minimum absolute atomic E-state index is 0.383. The van der Waals surface area contributed by atoms with Crippen molar-refractivity contribution < 1.29 is 9.15 Å². The number of halogens is 1. The quantitative estimate of drug-likeness (QED) is 0.861. The molecule has 0 unspecified atom stereocenters.